The molecule has 1 fully saturated rings. The van der Waals surface area contributed by atoms with Crippen LogP contribution in [0.4, 0.5) is 0 Å². The predicted octanol–water partition coefficient (Wildman–Crippen LogP) is 5.60. The summed E-state index contributed by atoms with van der Waals surface area (Å²) in [6, 6.07) is 17.4. The highest BCUT2D eigenvalue weighted by molar-refractivity contribution is 6.46. The molecular formula is C28H29NO5. The number of rotatable bonds is 6. The monoisotopic (exact) mass is 459 g/mol. The fourth-order valence-electron chi connectivity index (χ4n) is 4.16. The molecule has 0 radical (unpaired) electrons. The lowest BCUT2D eigenvalue weighted by molar-refractivity contribution is -0.140. The Hall–Kier alpha value is -3.80. The summed E-state index contributed by atoms with van der Waals surface area (Å²) >= 11 is 0. The molecule has 1 saturated heterocycles. The van der Waals surface area contributed by atoms with Crippen molar-refractivity contribution in [1.82, 2.24) is 4.90 Å². The van der Waals surface area contributed by atoms with Crippen molar-refractivity contribution in [1.29, 1.82) is 0 Å². The summed E-state index contributed by atoms with van der Waals surface area (Å²) < 4.78 is 10.9. The minimum atomic E-state index is -0.745. The number of ether oxygens (including phenoxy) is 1. The van der Waals surface area contributed by atoms with Crippen LogP contribution in [0.5, 0.6) is 5.75 Å². The number of furan rings is 1. The van der Waals surface area contributed by atoms with Crippen LogP contribution < -0.4 is 4.74 Å². The summed E-state index contributed by atoms with van der Waals surface area (Å²) in [7, 11) is 0. The van der Waals surface area contributed by atoms with Gasteiger partial charge in [0.1, 0.15) is 17.3 Å². The van der Waals surface area contributed by atoms with Crippen LogP contribution in [-0.2, 0) is 21.5 Å². The lowest BCUT2D eigenvalue weighted by atomic mass is 9.85. The molecule has 2 heterocycles. The average molecular weight is 460 g/mol. The topological polar surface area (TPSA) is 80.0 Å². The lowest BCUT2D eigenvalue weighted by Crippen LogP contribution is -2.29. The molecule has 1 N–H and O–H groups in total. The summed E-state index contributed by atoms with van der Waals surface area (Å²) in [5.74, 6) is -0.393. The largest absolute Gasteiger partial charge is 0.507 e. The van der Waals surface area contributed by atoms with E-state index in [9.17, 15) is 14.7 Å². The molecule has 4 rings (SSSR count). The summed E-state index contributed by atoms with van der Waals surface area (Å²) in [6.45, 7) is 8.89. The minimum Gasteiger partial charge on any atom is -0.507 e. The Bertz CT molecular complexity index is 1200. The third-order valence-electron chi connectivity index (χ3n) is 5.98. The molecule has 6 heteroatoms. The Labute approximate surface area is 199 Å². The number of carbonyl (C=O) groups is 2. The number of hydrogen-bond acceptors (Lipinski definition) is 5. The summed E-state index contributed by atoms with van der Waals surface area (Å²) in [6.07, 6.45) is 1.53. The van der Waals surface area contributed by atoms with Crippen LogP contribution in [0, 0.1) is 0 Å². The molecular weight excluding hydrogens is 430 g/mol. The maximum atomic E-state index is 13.2. The number of Topliss-reactive ketones (excluding diaryl/α,β-unsaturated/α-hetero) is 1. The van der Waals surface area contributed by atoms with Gasteiger partial charge in [-0.1, -0.05) is 45.0 Å². The molecule has 1 aromatic heterocycles. The zero-order valence-electron chi connectivity index (χ0n) is 19.9. The van der Waals surface area contributed by atoms with Crippen molar-refractivity contribution in [2.24, 2.45) is 0 Å². The zero-order chi connectivity index (χ0) is 24.5. The molecule has 1 amide bonds. The smallest absolute Gasteiger partial charge is 0.296 e. The number of aliphatic hydroxyl groups excluding tert-OH is 1. The Morgan fingerprint density at radius 2 is 1.71 bits per heavy atom. The van der Waals surface area contributed by atoms with Gasteiger partial charge in [-0.05, 0) is 59.9 Å². The van der Waals surface area contributed by atoms with E-state index in [1.807, 2.05) is 31.2 Å². The van der Waals surface area contributed by atoms with Gasteiger partial charge >= 0.3 is 0 Å². The van der Waals surface area contributed by atoms with Gasteiger partial charge < -0.3 is 19.2 Å². The van der Waals surface area contributed by atoms with Crippen molar-refractivity contribution < 1.29 is 23.8 Å². The first-order valence-electron chi connectivity index (χ1n) is 11.3. The first-order chi connectivity index (χ1) is 16.2. The van der Waals surface area contributed by atoms with Crippen LogP contribution in [0.2, 0.25) is 0 Å². The van der Waals surface area contributed by atoms with Gasteiger partial charge in [0, 0.05) is 5.56 Å². The number of likely N-dealkylation sites (tertiary alicyclic amines) is 1. The molecule has 3 aromatic rings. The number of hydrogen-bond donors (Lipinski definition) is 1. The van der Waals surface area contributed by atoms with Crippen LogP contribution in [-0.4, -0.2) is 28.3 Å². The first-order valence-corrected chi connectivity index (χ1v) is 11.3. The molecule has 0 saturated carbocycles. The van der Waals surface area contributed by atoms with E-state index in [1.54, 1.807) is 36.4 Å². The number of nitrogens with zero attached hydrogens (tertiary/aromatic N) is 1. The van der Waals surface area contributed by atoms with Gasteiger partial charge in [0.25, 0.3) is 11.7 Å². The summed E-state index contributed by atoms with van der Waals surface area (Å²) in [5.41, 5.74) is 2.33. The van der Waals surface area contributed by atoms with E-state index in [-0.39, 0.29) is 23.3 Å². The Morgan fingerprint density at radius 1 is 1.03 bits per heavy atom. The molecule has 1 aliphatic rings. The van der Waals surface area contributed by atoms with E-state index in [0.717, 1.165) is 11.1 Å². The average Bonchev–Trinajstić information content (AvgIpc) is 3.41. The molecule has 1 aliphatic heterocycles. The van der Waals surface area contributed by atoms with Gasteiger partial charge in [-0.25, -0.2) is 0 Å². The van der Waals surface area contributed by atoms with Crippen LogP contribution in [0.3, 0.4) is 0 Å². The number of carbonyl (C=O) groups excluding carboxylic acids is 2. The molecule has 0 bridgehead atoms. The van der Waals surface area contributed by atoms with Crippen LogP contribution in [0.25, 0.3) is 5.76 Å². The lowest BCUT2D eigenvalue weighted by Gasteiger charge is -2.26. The Kier molecular flexibility index (Phi) is 6.33. The maximum absolute atomic E-state index is 13.2. The van der Waals surface area contributed by atoms with E-state index in [4.69, 9.17) is 9.15 Å². The molecule has 0 spiro atoms. The second-order valence-electron chi connectivity index (χ2n) is 9.34. The van der Waals surface area contributed by atoms with Gasteiger partial charge in [0.2, 0.25) is 0 Å². The van der Waals surface area contributed by atoms with Gasteiger partial charge in [-0.15, -0.1) is 0 Å². The van der Waals surface area contributed by atoms with Crippen LogP contribution in [0.1, 0.15) is 56.2 Å². The maximum Gasteiger partial charge on any atom is 0.296 e. The molecule has 6 nitrogen and oxygen atoms in total. The van der Waals surface area contributed by atoms with Crippen molar-refractivity contribution >= 4 is 17.4 Å². The summed E-state index contributed by atoms with van der Waals surface area (Å²) in [4.78, 5) is 27.7. The van der Waals surface area contributed by atoms with Gasteiger partial charge in [-0.2, -0.15) is 0 Å². The van der Waals surface area contributed by atoms with Crippen molar-refractivity contribution in [3.63, 3.8) is 0 Å². The van der Waals surface area contributed by atoms with Gasteiger partial charge in [-0.3, -0.25) is 9.59 Å². The molecule has 0 aliphatic carbocycles. The SMILES string of the molecule is CCOc1ccc(C(O)=C2C(=O)C(=O)N(Cc3ccco3)C2c2ccc(C(C)(C)C)cc2)cc1. The Balaban J connectivity index is 1.81. The van der Waals surface area contributed by atoms with Crippen LogP contribution in [0.15, 0.2) is 76.9 Å². The second-order valence-corrected chi connectivity index (χ2v) is 9.34. The molecule has 34 heavy (non-hydrogen) atoms. The highest BCUT2D eigenvalue weighted by Gasteiger charge is 2.46. The van der Waals surface area contributed by atoms with E-state index < -0.39 is 17.7 Å². The molecule has 2 aromatic carbocycles. The Morgan fingerprint density at radius 3 is 2.26 bits per heavy atom. The standard InChI is InChI=1S/C28H29NO5/c1-5-33-21-14-10-19(11-15-21)25(30)23-24(18-8-12-20(13-9-18)28(2,3)4)29(27(32)26(23)31)17-22-7-6-16-34-22/h6-16,24,30H,5,17H2,1-4H3. The van der Waals surface area contributed by atoms with Crippen LogP contribution >= 0.6 is 0 Å². The van der Waals surface area contributed by atoms with E-state index >= 15 is 0 Å². The van der Waals surface area contributed by atoms with Gasteiger partial charge in [0.05, 0.1) is 31.0 Å². The summed E-state index contributed by atoms with van der Waals surface area (Å²) in [5, 5.41) is 11.2. The quantitative estimate of drug-likeness (QED) is 0.295. The van der Waals surface area contributed by atoms with E-state index in [2.05, 4.69) is 20.8 Å². The highest BCUT2D eigenvalue weighted by Crippen LogP contribution is 2.41. The van der Waals surface area contributed by atoms with Gasteiger partial charge in [0.15, 0.2) is 0 Å². The molecule has 176 valence electrons. The third kappa shape index (κ3) is 4.49. The van der Waals surface area contributed by atoms with E-state index in [0.29, 0.717) is 23.7 Å². The number of ketones is 1. The fraction of sp³-hybridized carbons (Fsp3) is 0.286. The van der Waals surface area contributed by atoms with Crippen molar-refractivity contribution in [2.45, 2.75) is 45.7 Å². The minimum absolute atomic E-state index is 0.0448. The predicted molar refractivity (Wildman–Crippen MR) is 129 cm³/mol. The molecule has 1 unspecified atom stereocenters. The molecule has 1 atom stereocenters. The second kappa shape index (κ2) is 9.21. The van der Waals surface area contributed by atoms with Crippen molar-refractivity contribution in [3.8, 4) is 5.75 Å². The number of amides is 1. The first kappa shape index (κ1) is 23.4. The fourth-order valence-corrected chi connectivity index (χ4v) is 4.16. The van der Waals surface area contributed by atoms with Crippen molar-refractivity contribution in [3.05, 3.63) is 95.0 Å². The zero-order valence-corrected chi connectivity index (χ0v) is 19.9. The number of benzene rings is 2. The van der Waals surface area contributed by atoms with E-state index in [1.165, 1.54) is 11.2 Å². The number of aliphatic hydroxyl groups is 1. The van der Waals surface area contributed by atoms with Crippen molar-refractivity contribution in [2.75, 3.05) is 6.61 Å². The highest BCUT2D eigenvalue weighted by atomic mass is 16.5. The third-order valence-corrected chi connectivity index (χ3v) is 5.98. The normalized spacial score (nSPS) is 17.9.